The highest BCUT2D eigenvalue weighted by molar-refractivity contribution is 6.75. The van der Waals surface area contributed by atoms with E-state index in [-0.39, 0.29) is 40.0 Å². The molecule has 0 rings (SSSR count). The Hall–Kier alpha value is 0.231. The molecular weight excluding hydrogens is 473 g/mol. The van der Waals surface area contributed by atoms with Crippen molar-refractivity contribution in [1.82, 2.24) is 0 Å². The molecule has 0 saturated heterocycles. The highest BCUT2D eigenvalue weighted by Gasteiger charge is 2.45. The Kier molecular flexibility index (Phi) is 11.8. The average molecular weight is 533 g/mol. The van der Waals surface area contributed by atoms with Crippen molar-refractivity contribution in [2.45, 2.75) is 155 Å². The van der Waals surface area contributed by atoms with Gasteiger partial charge in [0.15, 0.2) is 25.0 Å². The quantitative estimate of drug-likeness (QED) is 0.214. The van der Waals surface area contributed by atoms with Gasteiger partial charge in [-0.1, -0.05) is 68.4 Å². The maximum Gasteiger partial charge on any atom is 0.193 e. The summed E-state index contributed by atoms with van der Waals surface area (Å²) in [5.74, 6) is 0. The van der Waals surface area contributed by atoms with E-state index < -0.39 is 25.0 Å². The van der Waals surface area contributed by atoms with Crippen molar-refractivity contribution >= 4 is 25.0 Å². The number of aliphatic hydroxyl groups excluding tert-OH is 1. The average Bonchev–Trinajstić information content (AvgIpc) is 2.56. The Morgan fingerprint density at radius 3 is 1.41 bits per heavy atom. The Labute approximate surface area is 216 Å². The summed E-state index contributed by atoms with van der Waals surface area (Å²) in [5.41, 5.74) is 0.922. The van der Waals surface area contributed by atoms with E-state index in [1.54, 1.807) is 0 Å². The second-order valence-electron chi connectivity index (χ2n) is 14.9. The number of hydrogen-bond acceptors (Lipinski definition) is 4. The van der Waals surface area contributed by atoms with Crippen LogP contribution in [0.3, 0.4) is 0 Å². The number of aliphatic hydroxyl groups is 1. The van der Waals surface area contributed by atoms with Gasteiger partial charge in [-0.05, 0) is 80.2 Å². The molecule has 0 aliphatic rings. The molecule has 0 aliphatic carbocycles. The minimum absolute atomic E-state index is 0.0280. The fraction of sp³-hybridized carbons (Fsp3) is 0.926. The van der Waals surface area contributed by atoms with Gasteiger partial charge in [-0.3, -0.25) is 0 Å². The minimum atomic E-state index is -2.08. The first-order chi connectivity index (χ1) is 14.8. The fourth-order valence-corrected chi connectivity index (χ4v) is 6.98. The van der Waals surface area contributed by atoms with Gasteiger partial charge in [0.05, 0.1) is 18.8 Å². The van der Waals surface area contributed by atoms with Gasteiger partial charge in [0.1, 0.15) is 0 Å². The standard InChI is InChI=1S/C27H60O4Si3/c1-21(20-28)18-23(30-33(14,15)26(6,7)8)24(31-34(16,17)27(9,10)11)19-22(2)29-32(12,13)25(3,4)5/h18,22-24,28H,19-20H2,1-17H3/t22-,23-,24-/m0/s1. The van der Waals surface area contributed by atoms with Crippen LogP contribution in [0.25, 0.3) is 0 Å². The Morgan fingerprint density at radius 1 is 0.706 bits per heavy atom. The highest BCUT2D eigenvalue weighted by atomic mass is 28.4. The van der Waals surface area contributed by atoms with Crippen molar-refractivity contribution in [3.63, 3.8) is 0 Å². The van der Waals surface area contributed by atoms with Crippen LogP contribution < -0.4 is 0 Å². The van der Waals surface area contributed by atoms with Crippen LogP contribution >= 0.6 is 0 Å². The topological polar surface area (TPSA) is 47.9 Å². The molecule has 0 heterocycles. The lowest BCUT2D eigenvalue weighted by atomic mass is 10.1. The Morgan fingerprint density at radius 2 is 1.06 bits per heavy atom. The molecule has 0 aromatic heterocycles. The smallest absolute Gasteiger partial charge is 0.193 e. The Balaban J connectivity index is 6.38. The van der Waals surface area contributed by atoms with Crippen molar-refractivity contribution in [3.8, 4) is 0 Å². The van der Waals surface area contributed by atoms with Gasteiger partial charge in [-0.2, -0.15) is 0 Å². The van der Waals surface area contributed by atoms with Crippen LogP contribution in [-0.4, -0.2) is 55.0 Å². The zero-order chi connectivity index (χ0) is 27.6. The summed E-state index contributed by atoms with van der Waals surface area (Å²) in [4.78, 5) is 0. The van der Waals surface area contributed by atoms with E-state index in [1.807, 2.05) is 6.92 Å². The SMILES string of the molecule is CC(=C[C@H](O[Si](C)(C)C(C)(C)C)[C@H](C[C@H](C)O[Si](C)(C)C(C)(C)C)O[Si](C)(C)C(C)(C)C)CO. The van der Waals surface area contributed by atoms with Crippen molar-refractivity contribution in [3.05, 3.63) is 11.6 Å². The molecule has 0 aromatic rings. The molecule has 0 amide bonds. The van der Waals surface area contributed by atoms with Crippen LogP contribution in [0, 0.1) is 0 Å². The molecule has 0 unspecified atom stereocenters. The second kappa shape index (κ2) is 11.7. The molecule has 0 saturated carbocycles. The van der Waals surface area contributed by atoms with Crippen molar-refractivity contribution in [2.24, 2.45) is 0 Å². The van der Waals surface area contributed by atoms with Gasteiger partial charge in [-0.15, -0.1) is 0 Å². The van der Waals surface area contributed by atoms with Gasteiger partial charge in [0.25, 0.3) is 0 Å². The molecule has 0 bridgehead atoms. The zero-order valence-corrected chi connectivity index (χ0v) is 28.9. The number of rotatable bonds is 11. The Bertz CT molecular complexity index is 665. The van der Waals surface area contributed by atoms with Crippen LogP contribution in [0.15, 0.2) is 11.6 Å². The molecule has 1 N–H and O–H groups in total. The van der Waals surface area contributed by atoms with Gasteiger partial charge in [0.2, 0.25) is 0 Å². The third-order valence-electron chi connectivity index (χ3n) is 8.42. The molecule has 0 aromatic carbocycles. The maximum absolute atomic E-state index is 9.85. The monoisotopic (exact) mass is 532 g/mol. The molecule has 0 radical (unpaired) electrons. The summed E-state index contributed by atoms with van der Waals surface area (Å²) in [6, 6.07) is 0. The fourth-order valence-electron chi connectivity index (χ4n) is 2.93. The van der Waals surface area contributed by atoms with Gasteiger partial charge < -0.3 is 18.4 Å². The molecule has 0 fully saturated rings. The number of hydrogen-bond donors (Lipinski definition) is 1. The van der Waals surface area contributed by atoms with Crippen LogP contribution in [0.1, 0.15) is 82.6 Å². The first kappa shape index (κ1) is 34.2. The lowest BCUT2D eigenvalue weighted by molar-refractivity contribution is 0.0291. The summed E-state index contributed by atoms with van der Waals surface area (Å²) in [5, 5.41) is 10.2. The predicted octanol–water partition coefficient (Wildman–Crippen LogP) is 8.51. The molecule has 3 atom stereocenters. The van der Waals surface area contributed by atoms with E-state index in [4.69, 9.17) is 13.3 Å². The van der Waals surface area contributed by atoms with Gasteiger partial charge >= 0.3 is 0 Å². The summed E-state index contributed by atoms with van der Waals surface area (Å²) < 4.78 is 20.9. The van der Waals surface area contributed by atoms with E-state index in [0.717, 1.165) is 12.0 Å². The summed E-state index contributed by atoms with van der Waals surface area (Å²) in [6.07, 6.45) is 2.60. The molecule has 0 spiro atoms. The van der Waals surface area contributed by atoms with E-state index in [0.29, 0.717) is 0 Å². The first-order valence-electron chi connectivity index (χ1n) is 13.1. The van der Waals surface area contributed by atoms with Crippen LogP contribution in [0.4, 0.5) is 0 Å². The van der Waals surface area contributed by atoms with Crippen LogP contribution in [0.5, 0.6) is 0 Å². The molecule has 0 aliphatic heterocycles. The van der Waals surface area contributed by atoms with Crippen molar-refractivity contribution in [2.75, 3.05) is 6.61 Å². The normalized spacial score (nSPS) is 18.1. The molecule has 7 heteroatoms. The van der Waals surface area contributed by atoms with Crippen LogP contribution in [0.2, 0.25) is 54.4 Å². The van der Waals surface area contributed by atoms with Crippen molar-refractivity contribution < 1.29 is 18.4 Å². The summed E-state index contributed by atoms with van der Waals surface area (Å²) in [6.45, 7) is 38.5. The molecule has 34 heavy (non-hydrogen) atoms. The maximum atomic E-state index is 9.85. The van der Waals surface area contributed by atoms with E-state index in [2.05, 4.69) is 115 Å². The lowest BCUT2D eigenvalue weighted by Gasteiger charge is -2.46. The minimum Gasteiger partial charge on any atom is -0.414 e. The van der Waals surface area contributed by atoms with E-state index in [1.165, 1.54) is 0 Å². The third kappa shape index (κ3) is 9.94. The molecule has 204 valence electrons. The lowest BCUT2D eigenvalue weighted by Crippen LogP contribution is -2.53. The van der Waals surface area contributed by atoms with Crippen molar-refractivity contribution in [1.29, 1.82) is 0 Å². The highest BCUT2D eigenvalue weighted by Crippen LogP contribution is 2.42. The van der Waals surface area contributed by atoms with Gasteiger partial charge in [0, 0.05) is 6.10 Å². The molecular formula is C27H60O4Si3. The van der Waals surface area contributed by atoms with Crippen LogP contribution in [-0.2, 0) is 13.3 Å². The van der Waals surface area contributed by atoms with E-state index in [9.17, 15) is 5.11 Å². The van der Waals surface area contributed by atoms with Gasteiger partial charge in [-0.25, -0.2) is 0 Å². The van der Waals surface area contributed by atoms with E-state index >= 15 is 0 Å². The second-order valence-corrected chi connectivity index (χ2v) is 29.1. The zero-order valence-electron chi connectivity index (χ0n) is 25.9. The molecule has 4 nitrogen and oxygen atoms in total. The predicted molar refractivity (Wildman–Crippen MR) is 157 cm³/mol. The summed E-state index contributed by atoms with van der Waals surface area (Å²) >= 11 is 0. The largest absolute Gasteiger partial charge is 0.414 e. The summed E-state index contributed by atoms with van der Waals surface area (Å²) in [7, 11) is -6.07. The third-order valence-corrected chi connectivity index (χ3v) is 22.0. The first-order valence-corrected chi connectivity index (χ1v) is 21.8.